The zero-order chi connectivity index (χ0) is 15.5. The Kier molecular flexibility index (Phi) is 4.49. The first-order valence-electron chi connectivity index (χ1n) is 7.58. The summed E-state index contributed by atoms with van der Waals surface area (Å²) in [6, 6.07) is 6.38. The van der Waals surface area contributed by atoms with Crippen molar-refractivity contribution in [3.63, 3.8) is 0 Å². The second-order valence-corrected chi connectivity index (χ2v) is 5.79. The summed E-state index contributed by atoms with van der Waals surface area (Å²) in [7, 11) is 0. The molecule has 1 aliphatic heterocycles. The molecule has 2 heterocycles. The number of rotatable bonds is 4. The molecule has 2 aromatic rings. The first-order chi connectivity index (χ1) is 10.6. The van der Waals surface area contributed by atoms with Gasteiger partial charge in [-0.05, 0) is 38.9 Å². The average molecular weight is 305 g/mol. The molecule has 22 heavy (non-hydrogen) atoms. The van der Waals surface area contributed by atoms with Crippen molar-refractivity contribution >= 4 is 0 Å². The monoisotopic (exact) mass is 305 g/mol. The van der Waals surface area contributed by atoms with Crippen LogP contribution in [0.1, 0.15) is 42.1 Å². The van der Waals surface area contributed by atoms with E-state index in [4.69, 9.17) is 4.52 Å². The first-order valence-corrected chi connectivity index (χ1v) is 7.58. The van der Waals surface area contributed by atoms with Gasteiger partial charge in [-0.1, -0.05) is 23.4 Å². The number of nitrogens with zero attached hydrogens (tertiary/aromatic N) is 3. The van der Waals surface area contributed by atoms with Gasteiger partial charge in [-0.25, -0.2) is 4.39 Å². The van der Waals surface area contributed by atoms with E-state index in [1.54, 1.807) is 18.2 Å². The highest BCUT2D eigenvalue weighted by Crippen LogP contribution is 2.28. The largest absolute Gasteiger partial charge is 0.387 e. The van der Waals surface area contributed by atoms with Gasteiger partial charge >= 0.3 is 0 Å². The number of benzene rings is 1. The Bertz CT molecular complexity index is 623. The van der Waals surface area contributed by atoms with Gasteiger partial charge in [0.2, 0.25) is 5.89 Å². The third-order valence-corrected chi connectivity index (χ3v) is 4.18. The summed E-state index contributed by atoms with van der Waals surface area (Å²) in [5.41, 5.74) is 0.358. The number of aliphatic hydroxyl groups is 1. The zero-order valence-corrected chi connectivity index (χ0v) is 12.6. The summed E-state index contributed by atoms with van der Waals surface area (Å²) in [5.74, 6) is 1.29. The van der Waals surface area contributed by atoms with E-state index >= 15 is 0 Å². The Balaban J connectivity index is 1.55. The summed E-state index contributed by atoms with van der Waals surface area (Å²) in [6.45, 7) is 3.92. The Morgan fingerprint density at radius 1 is 1.36 bits per heavy atom. The number of aryl methyl sites for hydroxylation is 1. The van der Waals surface area contributed by atoms with E-state index in [1.165, 1.54) is 6.07 Å². The minimum absolute atomic E-state index is 0.281. The van der Waals surface area contributed by atoms with Crippen LogP contribution in [0.4, 0.5) is 4.39 Å². The molecule has 1 fully saturated rings. The van der Waals surface area contributed by atoms with E-state index in [2.05, 4.69) is 15.0 Å². The van der Waals surface area contributed by atoms with Gasteiger partial charge in [0.15, 0.2) is 5.82 Å². The van der Waals surface area contributed by atoms with Gasteiger partial charge in [0.05, 0.1) is 6.10 Å². The summed E-state index contributed by atoms with van der Waals surface area (Å²) >= 11 is 0. The van der Waals surface area contributed by atoms with Crippen molar-refractivity contribution in [2.24, 2.45) is 0 Å². The van der Waals surface area contributed by atoms with Gasteiger partial charge in [0.1, 0.15) is 5.82 Å². The number of hydrogen-bond acceptors (Lipinski definition) is 5. The van der Waals surface area contributed by atoms with E-state index < -0.39 is 6.10 Å². The quantitative estimate of drug-likeness (QED) is 0.940. The van der Waals surface area contributed by atoms with Crippen molar-refractivity contribution in [1.82, 2.24) is 15.0 Å². The fourth-order valence-corrected chi connectivity index (χ4v) is 2.93. The third-order valence-electron chi connectivity index (χ3n) is 4.18. The lowest BCUT2D eigenvalue weighted by molar-refractivity contribution is 0.0918. The van der Waals surface area contributed by atoms with Crippen LogP contribution in [0.25, 0.3) is 0 Å². The number of piperidine rings is 1. The second kappa shape index (κ2) is 6.54. The van der Waals surface area contributed by atoms with Gasteiger partial charge in [-0.3, -0.25) is 0 Å². The van der Waals surface area contributed by atoms with Crippen molar-refractivity contribution in [1.29, 1.82) is 0 Å². The predicted molar refractivity (Wildman–Crippen MR) is 78.8 cm³/mol. The molecule has 0 spiro atoms. The lowest BCUT2D eigenvalue weighted by atomic mass is 9.96. The van der Waals surface area contributed by atoms with Crippen LogP contribution in [0, 0.1) is 12.7 Å². The van der Waals surface area contributed by atoms with Crippen molar-refractivity contribution in [3.05, 3.63) is 47.4 Å². The SMILES string of the molecule is Cc1noc(C2CCN(CC(O)c3ccccc3F)CC2)n1. The number of β-amino-alcohol motifs (C(OH)–C–C–N with tert-alkyl or cyclic N) is 1. The standard InChI is InChI=1S/C16H20FN3O2/c1-11-18-16(22-19-11)12-6-8-20(9-7-12)10-15(21)13-4-2-3-5-14(13)17/h2-5,12,15,21H,6-10H2,1H3. The molecule has 1 saturated heterocycles. The third kappa shape index (κ3) is 3.34. The molecule has 5 nitrogen and oxygen atoms in total. The molecule has 0 saturated carbocycles. The van der Waals surface area contributed by atoms with Crippen LogP contribution in [0.3, 0.4) is 0 Å². The topological polar surface area (TPSA) is 62.4 Å². The lowest BCUT2D eigenvalue weighted by Crippen LogP contribution is -2.36. The van der Waals surface area contributed by atoms with Crippen LogP contribution in [0.15, 0.2) is 28.8 Å². The summed E-state index contributed by atoms with van der Waals surface area (Å²) in [5, 5.41) is 14.0. The Hall–Kier alpha value is -1.79. The Labute approximate surface area is 128 Å². The van der Waals surface area contributed by atoms with E-state index in [0.717, 1.165) is 25.9 Å². The molecule has 1 aromatic carbocycles. The number of halogens is 1. The summed E-state index contributed by atoms with van der Waals surface area (Å²) in [4.78, 5) is 6.43. The molecule has 6 heteroatoms. The smallest absolute Gasteiger partial charge is 0.229 e. The van der Waals surface area contributed by atoms with Gasteiger partial charge in [-0.15, -0.1) is 0 Å². The molecule has 0 aliphatic carbocycles. The van der Waals surface area contributed by atoms with Crippen molar-refractivity contribution < 1.29 is 14.0 Å². The van der Waals surface area contributed by atoms with E-state index in [-0.39, 0.29) is 11.7 Å². The predicted octanol–water partition coefficient (Wildman–Crippen LogP) is 2.43. The van der Waals surface area contributed by atoms with Crippen molar-refractivity contribution in [2.45, 2.75) is 31.8 Å². The maximum atomic E-state index is 13.7. The van der Waals surface area contributed by atoms with Crippen LogP contribution in [-0.2, 0) is 0 Å². The summed E-state index contributed by atoms with van der Waals surface area (Å²) in [6.07, 6.45) is 1.01. The fraction of sp³-hybridized carbons (Fsp3) is 0.500. The minimum Gasteiger partial charge on any atom is -0.387 e. The van der Waals surface area contributed by atoms with E-state index in [9.17, 15) is 9.50 Å². The maximum Gasteiger partial charge on any atom is 0.229 e. The van der Waals surface area contributed by atoms with Crippen LogP contribution >= 0.6 is 0 Å². The number of likely N-dealkylation sites (tertiary alicyclic amines) is 1. The Morgan fingerprint density at radius 3 is 2.73 bits per heavy atom. The highest BCUT2D eigenvalue weighted by molar-refractivity contribution is 5.20. The average Bonchev–Trinajstić information content (AvgIpc) is 2.95. The molecule has 1 aliphatic rings. The molecule has 3 rings (SSSR count). The van der Waals surface area contributed by atoms with Crippen molar-refractivity contribution in [2.75, 3.05) is 19.6 Å². The lowest BCUT2D eigenvalue weighted by Gasteiger charge is -2.31. The molecular weight excluding hydrogens is 285 g/mol. The molecule has 1 aromatic heterocycles. The number of aliphatic hydroxyl groups excluding tert-OH is 1. The molecule has 1 N–H and O–H groups in total. The van der Waals surface area contributed by atoms with E-state index in [0.29, 0.717) is 23.8 Å². The minimum atomic E-state index is -0.802. The highest BCUT2D eigenvalue weighted by Gasteiger charge is 2.26. The van der Waals surface area contributed by atoms with Gasteiger partial charge in [-0.2, -0.15) is 4.98 Å². The van der Waals surface area contributed by atoms with Crippen LogP contribution in [0.5, 0.6) is 0 Å². The Morgan fingerprint density at radius 2 is 2.09 bits per heavy atom. The van der Waals surface area contributed by atoms with Gasteiger partial charge in [0, 0.05) is 18.0 Å². The van der Waals surface area contributed by atoms with Gasteiger partial charge < -0.3 is 14.5 Å². The highest BCUT2D eigenvalue weighted by atomic mass is 19.1. The van der Waals surface area contributed by atoms with Gasteiger partial charge in [0.25, 0.3) is 0 Å². The molecule has 0 bridgehead atoms. The molecular formula is C16H20FN3O2. The van der Waals surface area contributed by atoms with Crippen LogP contribution < -0.4 is 0 Å². The number of aromatic nitrogens is 2. The molecule has 1 unspecified atom stereocenters. The maximum absolute atomic E-state index is 13.7. The molecule has 0 radical (unpaired) electrons. The molecule has 0 amide bonds. The summed E-state index contributed by atoms with van der Waals surface area (Å²) < 4.78 is 18.9. The van der Waals surface area contributed by atoms with Crippen LogP contribution in [0.2, 0.25) is 0 Å². The van der Waals surface area contributed by atoms with Crippen molar-refractivity contribution in [3.8, 4) is 0 Å². The zero-order valence-electron chi connectivity index (χ0n) is 12.6. The number of hydrogen-bond donors (Lipinski definition) is 1. The van der Waals surface area contributed by atoms with Crippen LogP contribution in [-0.4, -0.2) is 39.8 Å². The second-order valence-electron chi connectivity index (χ2n) is 5.79. The molecule has 1 atom stereocenters. The normalized spacial score (nSPS) is 18.5. The fourth-order valence-electron chi connectivity index (χ4n) is 2.93. The first kappa shape index (κ1) is 15.1. The molecule has 118 valence electrons. The van der Waals surface area contributed by atoms with E-state index in [1.807, 2.05) is 6.92 Å².